The molecule has 0 fully saturated rings. The number of carbonyl (C=O) groups excluding carboxylic acids is 2. The SMILES string of the molecule is CCOC(=O)C1=C(C)N=c2s/c(=C/c3cc(I)cc(I)c3OC(C)=O)c(=O)n2[C@H]1c1ccc(OC(C)C)c(OC)c1. The minimum Gasteiger partial charge on any atom is -0.493 e. The summed E-state index contributed by atoms with van der Waals surface area (Å²) >= 11 is 5.46. The predicted molar refractivity (Wildman–Crippen MR) is 172 cm³/mol. The summed E-state index contributed by atoms with van der Waals surface area (Å²) in [7, 11) is 1.54. The molecular formula is C29H28I2N2O7S. The van der Waals surface area contributed by atoms with Gasteiger partial charge in [-0.05, 0) is 109 Å². The third kappa shape index (κ3) is 6.69. The number of carbonyl (C=O) groups is 2. The number of rotatable bonds is 8. The molecule has 4 rings (SSSR count). The Bertz CT molecular complexity index is 1740. The Morgan fingerprint density at radius 3 is 2.54 bits per heavy atom. The zero-order valence-corrected chi connectivity index (χ0v) is 28.4. The minimum atomic E-state index is -0.821. The van der Waals surface area contributed by atoms with E-state index >= 15 is 0 Å². The molecule has 2 aromatic carbocycles. The Balaban J connectivity index is 1.98. The third-order valence-electron chi connectivity index (χ3n) is 5.95. The molecule has 216 valence electrons. The Hall–Kier alpha value is -2.72. The smallest absolute Gasteiger partial charge is 0.338 e. The number of nitrogens with zero attached hydrogens (tertiary/aromatic N) is 2. The lowest BCUT2D eigenvalue weighted by atomic mass is 9.95. The van der Waals surface area contributed by atoms with E-state index in [1.165, 1.54) is 29.9 Å². The summed E-state index contributed by atoms with van der Waals surface area (Å²) in [6.45, 7) is 8.78. The van der Waals surface area contributed by atoms with Gasteiger partial charge in [0.1, 0.15) is 0 Å². The van der Waals surface area contributed by atoms with Crippen LogP contribution in [0.15, 0.2) is 51.4 Å². The Morgan fingerprint density at radius 2 is 1.90 bits per heavy atom. The second-order valence-corrected chi connectivity index (χ2v) is 12.7. The molecule has 0 bridgehead atoms. The topological polar surface area (TPSA) is 105 Å². The van der Waals surface area contributed by atoms with Crippen molar-refractivity contribution in [3.05, 3.63) is 79.6 Å². The molecular weight excluding hydrogens is 774 g/mol. The molecule has 0 amide bonds. The molecule has 0 saturated heterocycles. The summed E-state index contributed by atoms with van der Waals surface area (Å²) in [5.41, 5.74) is 1.57. The molecule has 0 aliphatic carbocycles. The van der Waals surface area contributed by atoms with E-state index in [2.05, 4.69) is 50.2 Å². The summed E-state index contributed by atoms with van der Waals surface area (Å²) in [4.78, 5) is 44.2. The van der Waals surface area contributed by atoms with E-state index in [4.69, 9.17) is 18.9 Å². The van der Waals surface area contributed by atoms with E-state index in [1.54, 1.807) is 38.1 Å². The number of allylic oxidation sites excluding steroid dienone is 1. The van der Waals surface area contributed by atoms with Crippen LogP contribution in [0.1, 0.15) is 51.8 Å². The van der Waals surface area contributed by atoms with Crippen molar-refractivity contribution in [1.82, 2.24) is 4.57 Å². The van der Waals surface area contributed by atoms with Crippen molar-refractivity contribution in [2.45, 2.75) is 46.8 Å². The fraction of sp³-hybridized carbons (Fsp3) is 0.310. The largest absolute Gasteiger partial charge is 0.493 e. The number of esters is 2. The van der Waals surface area contributed by atoms with Crippen molar-refractivity contribution in [2.75, 3.05) is 13.7 Å². The molecule has 9 nitrogen and oxygen atoms in total. The van der Waals surface area contributed by atoms with E-state index in [0.717, 1.165) is 7.14 Å². The average molecular weight is 802 g/mol. The van der Waals surface area contributed by atoms with Gasteiger partial charge in [0, 0.05) is 16.1 Å². The van der Waals surface area contributed by atoms with Crippen LogP contribution in [0.25, 0.3) is 6.08 Å². The highest BCUT2D eigenvalue weighted by Gasteiger charge is 2.34. The number of methoxy groups -OCH3 is 1. The van der Waals surface area contributed by atoms with Gasteiger partial charge in [-0.2, -0.15) is 0 Å². The standard InChI is InChI=1S/C29H28I2N2O7S/c1-7-38-28(36)24-15(4)32-29-33(25(24)17-8-9-21(39-14(2)3)22(11-17)37-6)27(35)23(41-29)12-18-10-19(30)13-20(31)26(18)40-16(5)34/h8-14,25H,7H2,1-6H3/b23-12+/t25-/m0/s1. The first-order chi connectivity index (χ1) is 19.4. The van der Waals surface area contributed by atoms with Gasteiger partial charge in [-0.3, -0.25) is 14.2 Å². The maximum atomic E-state index is 14.0. The Kier molecular flexibility index (Phi) is 9.95. The first-order valence-corrected chi connectivity index (χ1v) is 15.6. The third-order valence-corrected chi connectivity index (χ3v) is 8.36. The quantitative estimate of drug-likeness (QED) is 0.185. The van der Waals surface area contributed by atoms with Gasteiger partial charge < -0.3 is 18.9 Å². The van der Waals surface area contributed by atoms with Gasteiger partial charge in [-0.25, -0.2) is 9.79 Å². The number of benzene rings is 2. The molecule has 1 atom stereocenters. The second kappa shape index (κ2) is 13.1. The maximum Gasteiger partial charge on any atom is 0.338 e. The predicted octanol–water partition coefficient (Wildman–Crippen LogP) is 4.73. The van der Waals surface area contributed by atoms with Crippen molar-refractivity contribution >= 4 is 74.5 Å². The van der Waals surface area contributed by atoms with Crippen molar-refractivity contribution < 1.29 is 28.5 Å². The van der Waals surface area contributed by atoms with Crippen LogP contribution in [0.3, 0.4) is 0 Å². The van der Waals surface area contributed by atoms with Crippen molar-refractivity contribution in [3.63, 3.8) is 0 Å². The molecule has 0 N–H and O–H groups in total. The number of hydrogen-bond donors (Lipinski definition) is 0. The highest BCUT2D eigenvalue weighted by atomic mass is 127. The normalized spacial score (nSPS) is 15.0. The number of thiazole rings is 1. The maximum absolute atomic E-state index is 14.0. The van der Waals surface area contributed by atoms with Crippen LogP contribution >= 0.6 is 56.5 Å². The lowest BCUT2D eigenvalue weighted by Gasteiger charge is -2.25. The van der Waals surface area contributed by atoms with E-state index in [1.807, 2.05) is 26.0 Å². The van der Waals surface area contributed by atoms with Crippen LogP contribution in [0.4, 0.5) is 0 Å². The van der Waals surface area contributed by atoms with Gasteiger partial charge in [-0.15, -0.1) is 0 Å². The van der Waals surface area contributed by atoms with Crippen molar-refractivity contribution in [1.29, 1.82) is 0 Å². The molecule has 3 aromatic rings. The first kappa shape index (κ1) is 31.2. The molecule has 1 aliphatic rings. The molecule has 0 saturated carbocycles. The van der Waals surface area contributed by atoms with Crippen molar-refractivity contribution in [3.8, 4) is 17.2 Å². The van der Waals surface area contributed by atoms with Crippen LogP contribution in [0.2, 0.25) is 0 Å². The van der Waals surface area contributed by atoms with Gasteiger partial charge in [0.05, 0.1) is 45.2 Å². The molecule has 1 aliphatic heterocycles. The zero-order valence-electron chi connectivity index (χ0n) is 23.2. The van der Waals surface area contributed by atoms with Gasteiger partial charge in [-0.1, -0.05) is 17.4 Å². The molecule has 0 unspecified atom stereocenters. The summed E-state index contributed by atoms with van der Waals surface area (Å²) in [6, 6.07) is 8.23. The summed E-state index contributed by atoms with van der Waals surface area (Å²) in [6.07, 6.45) is 1.61. The van der Waals surface area contributed by atoms with Crippen LogP contribution in [-0.4, -0.2) is 36.3 Å². The van der Waals surface area contributed by atoms with E-state index in [0.29, 0.717) is 43.4 Å². The number of hydrogen-bond acceptors (Lipinski definition) is 9. The van der Waals surface area contributed by atoms with E-state index < -0.39 is 18.0 Å². The fourth-order valence-corrected chi connectivity index (χ4v) is 7.43. The fourth-order valence-electron chi connectivity index (χ4n) is 4.39. The lowest BCUT2D eigenvalue weighted by Crippen LogP contribution is -2.40. The molecule has 0 radical (unpaired) electrons. The van der Waals surface area contributed by atoms with Gasteiger partial charge in [0.15, 0.2) is 22.0 Å². The molecule has 41 heavy (non-hydrogen) atoms. The van der Waals surface area contributed by atoms with Crippen LogP contribution in [-0.2, 0) is 14.3 Å². The van der Waals surface area contributed by atoms with Gasteiger partial charge >= 0.3 is 11.9 Å². The van der Waals surface area contributed by atoms with Gasteiger partial charge in [0.2, 0.25) is 0 Å². The zero-order chi connectivity index (χ0) is 30.0. The first-order valence-electron chi connectivity index (χ1n) is 12.7. The van der Waals surface area contributed by atoms with Gasteiger partial charge in [0.25, 0.3) is 5.56 Å². The average Bonchev–Trinajstić information content (AvgIpc) is 3.19. The van der Waals surface area contributed by atoms with Crippen LogP contribution in [0, 0.1) is 7.14 Å². The second-order valence-electron chi connectivity index (χ2n) is 9.28. The minimum absolute atomic E-state index is 0.0781. The van der Waals surface area contributed by atoms with Crippen LogP contribution in [0.5, 0.6) is 17.2 Å². The molecule has 0 spiro atoms. The number of ether oxygens (including phenoxy) is 4. The molecule has 1 aromatic heterocycles. The highest BCUT2D eigenvalue weighted by molar-refractivity contribution is 14.1. The monoisotopic (exact) mass is 802 g/mol. The van der Waals surface area contributed by atoms with E-state index in [9.17, 15) is 14.4 Å². The molecule has 12 heteroatoms. The van der Waals surface area contributed by atoms with Crippen molar-refractivity contribution in [2.24, 2.45) is 4.99 Å². The Morgan fingerprint density at radius 1 is 1.17 bits per heavy atom. The number of aromatic nitrogens is 1. The molecule has 2 heterocycles. The number of halogens is 2. The van der Waals surface area contributed by atoms with E-state index in [-0.39, 0.29) is 23.8 Å². The Labute approximate surface area is 268 Å². The van der Waals surface area contributed by atoms with Crippen LogP contribution < -0.4 is 29.1 Å². The summed E-state index contributed by atoms with van der Waals surface area (Å²) in [5.74, 6) is 0.362. The lowest BCUT2D eigenvalue weighted by molar-refractivity contribution is -0.139. The summed E-state index contributed by atoms with van der Waals surface area (Å²) in [5, 5.41) is 0. The number of fused-ring (bicyclic) bond motifs is 1. The highest BCUT2D eigenvalue weighted by Crippen LogP contribution is 2.36. The summed E-state index contributed by atoms with van der Waals surface area (Å²) < 4.78 is 25.9.